The lowest BCUT2D eigenvalue weighted by molar-refractivity contribution is -0.385. The number of halogens is 1. The lowest BCUT2D eigenvalue weighted by Gasteiger charge is -2.04. The minimum atomic E-state index is -0.564. The number of carbonyl (C=O) groups is 1. The number of hydrogen-bond donors (Lipinski definition) is 1. The first kappa shape index (κ1) is 12.6. The molecule has 18 heavy (non-hydrogen) atoms. The third kappa shape index (κ3) is 2.51. The summed E-state index contributed by atoms with van der Waals surface area (Å²) in [6.45, 7) is 0. The molecular formula is C9H5BrN4O3S. The van der Waals surface area contributed by atoms with E-state index in [0.717, 1.165) is 11.3 Å². The van der Waals surface area contributed by atoms with Crippen molar-refractivity contribution in [3.05, 3.63) is 43.9 Å². The van der Waals surface area contributed by atoms with Crippen LogP contribution in [0.2, 0.25) is 0 Å². The molecule has 1 N–H and O–H groups in total. The Bertz CT molecular complexity index is 602. The molecule has 1 amide bonds. The number of nitro benzene ring substituents is 1. The Morgan fingerprint density at radius 2 is 2.28 bits per heavy atom. The van der Waals surface area contributed by atoms with Crippen LogP contribution >= 0.6 is 27.3 Å². The zero-order chi connectivity index (χ0) is 13.1. The SMILES string of the molecule is O=C(Nc1nncs1)c1cccc([N+](=O)[O-])c1Br. The van der Waals surface area contributed by atoms with Crippen LogP contribution in [0, 0.1) is 10.1 Å². The molecule has 0 saturated heterocycles. The molecule has 1 heterocycles. The molecule has 0 unspecified atom stereocenters. The van der Waals surface area contributed by atoms with Crippen LogP contribution in [0.5, 0.6) is 0 Å². The van der Waals surface area contributed by atoms with Gasteiger partial charge in [-0.2, -0.15) is 0 Å². The molecule has 0 radical (unpaired) electrons. The summed E-state index contributed by atoms with van der Waals surface area (Å²) >= 11 is 4.21. The van der Waals surface area contributed by atoms with Gasteiger partial charge in [0.05, 0.1) is 10.5 Å². The Balaban J connectivity index is 2.31. The van der Waals surface area contributed by atoms with Gasteiger partial charge in [0.25, 0.3) is 11.6 Å². The van der Waals surface area contributed by atoms with Crippen LogP contribution < -0.4 is 5.32 Å². The van der Waals surface area contributed by atoms with Crippen molar-refractivity contribution in [1.82, 2.24) is 10.2 Å². The first-order chi connectivity index (χ1) is 8.59. The molecule has 0 aliphatic heterocycles. The summed E-state index contributed by atoms with van der Waals surface area (Å²) in [6, 6.07) is 4.23. The molecule has 92 valence electrons. The van der Waals surface area contributed by atoms with E-state index in [1.165, 1.54) is 23.7 Å². The van der Waals surface area contributed by atoms with Crippen molar-refractivity contribution in [2.75, 3.05) is 5.32 Å². The van der Waals surface area contributed by atoms with Crippen molar-refractivity contribution >= 4 is 44.0 Å². The van der Waals surface area contributed by atoms with Gasteiger partial charge in [0.2, 0.25) is 5.13 Å². The number of nitro groups is 1. The molecule has 1 aromatic carbocycles. The van der Waals surface area contributed by atoms with E-state index in [0.29, 0.717) is 5.13 Å². The molecule has 0 atom stereocenters. The van der Waals surface area contributed by atoms with Gasteiger partial charge < -0.3 is 0 Å². The second-order valence-corrected chi connectivity index (χ2v) is 4.72. The van der Waals surface area contributed by atoms with Crippen molar-refractivity contribution < 1.29 is 9.72 Å². The van der Waals surface area contributed by atoms with E-state index < -0.39 is 10.8 Å². The molecule has 0 aliphatic carbocycles. The minimum Gasteiger partial charge on any atom is -0.296 e. The number of benzene rings is 1. The predicted molar refractivity (Wildman–Crippen MR) is 68.7 cm³/mol. The molecule has 2 rings (SSSR count). The fourth-order valence-corrected chi connectivity index (χ4v) is 2.26. The normalized spacial score (nSPS) is 10.1. The second-order valence-electron chi connectivity index (χ2n) is 3.09. The van der Waals surface area contributed by atoms with E-state index in [1.54, 1.807) is 0 Å². The third-order valence-electron chi connectivity index (χ3n) is 2.00. The van der Waals surface area contributed by atoms with Gasteiger partial charge in [-0.15, -0.1) is 10.2 Å². The highest BCUT2D eigenvalue weighted by molar-refractivity contribution is 9.10. The fourth-order valence-electron chi connectivity index (χ4n) is 1.23. The van der Waals surface area contributed by atoms with E-state index in [1.807, 2.05) is 0 Å². The third-order valence-corrected chi connectivity index (χ3v) is 3.44. The largest absolute Gasteiger partial charge is 0.296 e. The summed E-state index contributed by atoms with van der Waals surface area (Å²) in [5, 5.41) is 20.8. The maximum absolute atomic E-state index is 11.9. The highest BCUT2D eigenvalue weighted by Crippen LogP contribution is 2.28. The molecule has 0 bridgehead atoms. The van der Waals surface area contributed by atoms with Crippen LogP contribution in [0.3, 0.4) is 0 Å². The molecule has 0 spiro atoms. The van der Waals surface area contributed by atoms with Gasteiger partial charge in [-0.1, -0.05) is 17.4 Å². The lowest BCUT2D eigenvalue weighted by Crippen LogP contribution is -2.13. The van der Waals surface area contributed by atoms with Crippen LogP contribution in [0.15, 0.2) is 28.2 Å². The molecule has 0 aliphatic rings. The van der Waals surface area contributed by atoms with Gasteiger partial charge in [-0.05, 0) is 22.0 Å². The van der Waals surface area contributed by atoms with Crippen molar-refractivity contribution in [3.63, 3.8) is 0 Å². The quantitative estimate of drug-likeness (QED) is 0.689. The summed E-state index contributed by atoms with van der Waals surface area (Å²) in [6.07, 6.45) is 0. The number of anilines is 1. The van der Waals surface area contributed by atoms with E-state index in [-0.39, 0.29) is 15.7 Å². The minimum absolute atomic E-state index is 0.136. The van der Waals surface area contributed by atoms with Crippen LogP contribution in [0.1, 0.15) is 10.4 Å². The maximum atomic E-state index is 11.9. The standard InChI is InChI=1S/C9H5BrN4O3S/c10-7-5(2-1-3-6(7)14(16)17)8(15)12-9-13-11-4-18-9/h1-4H,(H,12,13,15). The van der Waals surface area contributed by atoms with Gasteiger partial charge in [-0.3, -0.25) is 20.2 Å². The number of rotatable bonds is 3. The Morgan fingerprint density at radius 1 is 1.50 bits per heavy atom. The molecule has 9 heteroatoms. The summed E-state index contributed by atoms with van der Waals surface area (Å²) in [5.74, 6) is -0.484. The fraction of sp³-hybridized carbons (Fsp3) is 0. The van der Waals surface area contributed by atoms with E-state index in [2.05, 4.69) is 31.4 Å². The Kier molecular flexibility index (Phi) is 3.63. The molecule has 1 aromatic heterocycles. The summed E-state index contributed by atoms with van der Waals surface area (Å²) in [7, 11) is 0. The van der Waals surface area contributed by atoms with Gasteiger partial charge in [-0.25, -0.2) is 0 Å². The number of nitrogens with one attached hydrogen (secondary N) is 1. The van der Waals surface area contributed by atoms with E-state index in [9.17, 15) is 14.9 Å². The van der Waals surface area contributed by atoms with Gasteiger partial charge in [0.15, 0.2) is 0 Å². The first-order valence-corrected chi connectivity index (χ1v) is 6.27. The second kappa shape index (κ2) is 5.19. The van der Waals surface area contributed by atoms with Crippen LogP contribution in [0.4, 0.5) is 10.8 Å². The highest BCUT2D eigenvalue weighted by Gasteiger charge is 2.19. The average Bonchev–Trinajstić information content (AvgIpc) is 2.81. The van der Waals surface area contributed by atoms with Crippen molar-refractivity contribution in [2.45, 2.75) is 0 Å². The van der Waals surface area contributed by atoms with E-state index >= 15 is 0 Å². The Morgan fingerprint density at radius 3 is 2.89 bits per heavy atom. The number of hydrogen-bond acceptors (Lipinski definition) is 6. The molecule has 0 saturated carbocycles. The first-order valence-electron chi connectivity index (χ1n) is 4.60. The average molecular weight is 329 g/mol. The van der Waals surface area contributed by atoms with Crippen molar-refractivity contribution in [1.29, 1.82) is 0 Å². The number of nitrogens with zero attached hydrogens (tertiary/aromatic N) is 3. The predicted octanol–water partition coefficient (Wildman–Crippen LogP) is 2.46. The van der Waals surface area contributed by atoms with Crippen LogP contribution in [-0.4, -0.2) is 21.0 Å². The molecular weight excluding hydrogens is 324 g/mol. The monoisotopic (exact) mass is 328 g/mol. The Labute approximate surface area is 113 Å². The molecule has 0 fully saturated rings. The van der Waals surface area contributed by atoms with Crippen LogP contribution in [0.25, 0.3) is 0 Å². The zero-order valence-corrected chi connectivity index (χ0v) is 11.1. The van der Waals surface area contributed by atoms with Gasteiger partial charge >= 0.3 is 0 Å². The van der Waals surface area contributed by atoms with E-state index in [4.69, 9.17) is 0 Å². The lowest BCUT2D eigenvalue weighted by atomic mass is 10.2. The number of amides is 1. The number of aromatic nitrogens is 2. The molecule has 7 nitrogen and oxygen atoms in total. The van der Waals surface area contributed by atoms with Crippen molar-refractivity contribution in [2.24, 2.45) is 0 Å². The summed E-state index contributed by atoms with van der Waals surface area (Å²) < 4.78 is 0.136. The maximum Gasteiger partial charge on any atom is 0.284 e. The number of carbonyl (C=O) groups excluding carboxylic acids is 1. The van der Waals surface area contributed by atoms with Gasteiger partial charge in [0, 0.05) is 6.07 Å². The van der Waals surface area contributed by atoms with Gasteiger partial charge in [0.1, 0.15) is 9.98 Å². The topological polar surface area (TPSA) is 98.0 Å². The smallest absolute Gasteiger partial charge is 0.284 e. The summed E-state index contributed by atoms with van der Waals surface area (Å²) in [5.41, 5.74) is 1.47. The van der Waals surface area contributed by atoms with Crippen molar-refractivity contribution in [3.8, 4) is 0 Å². The zero-order valence-electron chi connectivity index (χ0n) is 8.66. The molecule has 2 aromatic rings. The van der Waals surface area contributed by atoms with Crippen LogP contribution in [-0.2, 0) is 0 Å². The highest BCUT2D eigenvalue weighted by atomic mass is 79.9. The Hall–Kier alpha value is -1.87. The summed E-state index contributed by atoms with van der Waals surface area (Å²) in [4.78, 5) is 22.1.